The van der Waals surface area contributed by atoms with Crippen LogP contribution in [0.2, 0.25) is 5.02 Å². The third-order valence-corrected chi connectivity index (χ3v) is 2.76. The molecule has 94 valence electrons. The van der Waals surface area contributed by atoms with Crippen LogP contribution in [0.3, 0.4) is 0 Å². The van der Waals surface area contributed by atoms with Gasteiger partial charge in [-0.05, 0) is 42.8 Å². The minimum atomic E-state index is 0.0312. The van der Waals surface area contributed by atoms with Crippen LogP contribution in [0, 0.1) is 6.92 Å². The number of aromatic hydroxyl groups is 1. The Morgan fingerprint density at radius 1 is 1.06 bits per heavy atom. The molecule has 2 rings (SSSR count). The number of ether oxygens (including phenoxy) is 2. The van der Waals surface area contributed by atoms with E-state index in [-0.39, 0.29) is 5.75 Å². The van der Waals surface area contributed by atoms with E-state index in [1.807, 2.05) is 6.92 Å². The number of hydrogen-bond donors (Lipinski definition) is 1. The summed E-state index contributed by atoms with van der Waals surface area (Å²) in [5, 5.41) is 10.4. The smallest absolute Gasteiger partial charge is 0.169 e. The number of aryl methyl sites for hydroxylation is 1. The van der Waals surface area contributed by atoms with Crippen molar-refractivity contribution in [3.05, 3.63) is 47.0 Å². The molecule has 0 aliphatic carbocycles. The maximum Gasteiger partial charge on any atom is 0.169 e. The van der Waals surface area contributed by atoms with E-state index in [0.29, 0.717) is 22.3 Å². The van der Waals surface area contributed by atoms with Gasteiger partial charge in [-0.25, -0.2) is 0 Å². The van der Waals surface area contributed by atoms with Crippen molar-refractivity contribution in [3.63, 3.8) is 0 Å². The fourth-order valence-corrected chi connectivity index (χ4v) is 1.78. The Balaban J connectivity index is 2.28. The van der Waals surface area contributed by atoms with E-state index in [2.05, 4.69) is 0 Å². The topological polar surface area (TPSA) is 38.7 Å². The van der Waals surface area contributed by atoms with Crippen LogP contribution >= 0.6 is 11.6 Å². The highest BCUT2D eigenvalue weighted by Crippen LogP contribution is 2.35. The fraction of sp³-hybridized carbons (Fsp3) is 0.143. The third kappa shape index (κ3) is 2.68. The summed E-state index contributed by atoms with van der Waals surface area (Å²) in [6, 6.07) is 10.2. The number of phenolic OH excluding ortho intramolecular Hbond substituents is 1. The molecule has 0 radical (unpaired) electrons. The molecule has 0 aromatic heterocycles. The number of rotatable bonds is 3. The Morgan fingerprint density at radius 3 is 2.39 bits per heavy atom. The molecule has 1 N–H and O–H groups in total. The number of halogens is 1. The highest BCUT2D eigenvalue weighted by Gasteiger charge is 2.07. The van der Waals surface area contributed by atoms with Gasteiger partial charge in [-0.15, -0.1) is 0 Å². The summed E-state index contributed by atoms with van der Waals surface area (Å²) in [4.78, 5) is 0. The highest BCUT2D eigenvalue weighted by atomic mass is 35.5. The van der Waals surface area contributed by atoms with Gasteiger partial charge < -0.3 is 14.6 Å². The number of phenols is 1. The van der Waals surface area contributed by atoms with Crippen molar-refractivity contribution in [2.45, 2.75) is 6.92 Å². The molecule has 0 atom stereocenters. The molecule has 3 nitrogen and oxygen atoms in total. The molecule has 0 unspecified atom stereocenters. The first-order valence-electron chi connectivity index (χ1n) is 5.41. The molecule has 2 aromatic carbocycles. The lowest BCUT2D eigenvalue weighted by molar-refractivity contribution is 0.390. The second kappa shape index (κ2) is 5.19. The summed E-state index contributed by atoms with van der Waals surface area (Å²) in [6.45, 7) is 1.89. The van der Waals surface area contributed by atoms with Crippen LogP contribution < -0.4 is 9.47 Å². The van der Waals surface area contributed by atoms with Gasteiger partial charge in [-0.2, -0.15) is 0 Å². The third-order valence-electron chi connectivity index (χ3n) is 2.52. The molecular formula is C14H13ClO3. The monoisotopic (exact) mass is 264 g/mol. The van der Waals surface area contributed by atoms with Gasteiger partial charge in [-0.3, -0.25) is 0 Å². The quantitative estimate of drug-likeness (QED) is 0.905. The largest absolute Gasteiger partial charge is 0.504 e. The first-order chi connectivity index (χ1) is 8.60. The van der Waals surface area contributed by atoms with Gasteiger partial charge in [0.1, 0.15) is 11.5 Å². The Morgan fingerprint density at radius 2 is 1.78 bits per heavy atom. The molecule has 0 bridgehead atoms. The van der Waals surface area contributed by atoms with Gasteiger partial charge in [0.05, 0.1) is 7.11 Å². The van der Waals surface area contributed by atoms with E-state index in [9.17, 15) is 5.11 Å². The molecule has 0 spiro atoms. The van der Waals surface area contributed by atoms with Crippen molar-refractivity contribution in [3.8, 4) is 23.0 Å². The standard InChI is InChI=1S/C14H13ClO3/c1-9-7-10(15)3-5-13(9)18-14-6-4-11(17-2)8-12(14)16/h3-8,16H,1-2H3. The van der Waals surface area contributed by atoms with Gasteiger partial charge >= 0.3 is 0 Å². The Labute approximate surface area is 111 Å². The van der Waals surface area contributed by atoms with Crippen molar-refractivity contribution in [1.29, 1.82) is 0 Å². The molecule has 2 aromatic rings. The molecule has 0 fully saturated rings. The Hall–Kier alpha value is -1.87. The molecule has 18 heavy (non-hydrogen) atoms. The molecular weight excluding hydrogens is 252 g/mol. The fourth-order valence-electron chi connectivity index (χ4n) is 1.56. The van der Waals surface area contributed by atoms with Gasteiger partial charge in [0.2, 0.25) is 0 Å². The van der Waals surface area contributed by atoms with Crippen LogP contribution in [0.25, 0.3) is 0 Å². The lowest BCUT2D eigenvalue weighted by atomic mass is 10.2. The average Bonchev–Trinajstić information content (AvgIpc) is 2.34. The Bertz CT molecular complexity index is 567. The summed E-state index contributed by atoms with van der Waals surface area (Å²) in [5.74, 6) is 1.64. The van der Waals surface area contributed by atoms with Crippen molar-refractivity contribution < 1.29 is 14.6 Å². The summed E-state index contributed by atoms with van der Waals surface area (Å²) < 4.78 is 10.6. The summed E-state index contributed by atoms with van der Waals surface area (Å²) in [5.41, 5.74) is 0.901. The SMILES string of the molecule is COc1ccc(Oc2ccc(Cl)cc2C)c(O)c1. The van der Waals surface area contributed by atoms with Crippen LogP contribution in [0.1, 0.15) is 5.56 Å². The number of benzene rings is 2. The minimum absolute atomic E-state index is 0.0312. The zero-order valence-corrected chi connectivity index (χ0v) is 10.9. The molecule has 0 amide bonds. The normalized spacial score (nSPS) is 10.2. The van der Waals surface area contributed by atoms with Gasteiger partial charge in [0.25, 0.3) is 0 Å². The zero-order valence-electron chi connectivity index (χ0n) is 10.1. The molecule has 0 aliphatic rings. The van der Waals surface area contributed by atoms with Crippen LogP contribution in [-0.2, 0) is 0 Å². The number of hydrogen-bond acceptors (Lipinski definition) is 3. The van der Waals surface area contributed by atoms with Crippen LogP contribution in [-0.4, -0.2) is 12.2 Å². The Kier molecular flexibility index (Phi) is 3.63. The van der Waals surface area contributed by atoms with Crippen LogP contribution in [0.5, 0.6) is 23.0 Å². The highest BCUT2D eigenvalue weighted by molar-refractivity contribution is 6.30. The summed E-state index contributed by atoms with van der Waals surface area (Å²) >= 11 is 5.87. The molecule has 0 saturated carbocycles. The second-order valence-electron chi connectivity index (χ2n) is 3.85. The second-order valence-corrected chi connectivity index (χ2v) is 4.28. The molecule has 0 heterocycles. The van der Waals surface area contributed by atoms with Gasteiger partial charge in [-0.1, -0.05) is 11.6 Å². The van der Waals surface area contributed by atoms with E-state index in [4.69, 9.17) is 21.1 Å². The van der Waals surface area contributed by atoms with E-state index in [1.165, 1.54) is 6.07 Å². The van der Waals surface area contributed by atoms with Crippen molar-refractivity contribution in [2.24, 2.45) is 0 Å². The zero-order chi connectivity index (χ0) is 13.1. The number of methoxy groups -OCH3 is 1. The van der Waals surface area contributed by atoms with Crippen LogP contribution in [0.4, 0.5) is 0 Å². The summed E-state index contributed by atoms with van der Waals surface area (Å²) in [6.07, 6.45) is 0. The van der Waals surface area contributed by atoms with Crippen molar-refractivity contribution in [2.75, 3.05) is 7.11 Å². The first-order valence-corrected chi connectivity index (χ1v) is 5.79. The maximum absolute atomic E-state index is 9.80. The van der Waals surface area contributed by atoms with E-state index >= 15 is 0 Å². The lowest BCUT2D eigenvalue weighted by Crippen LogP contribution is -1.89. The summed E-state index contributed by atoms with van der Waals surface area (Å²) in [7, 11) is 1.54. The predicted octanol–water partition coefficient (Wildman–Crippen LogP) is 4.15. The van der Waals surface area contributed by atoms with Gasteiger partial charge in [0.15, 0.2) is 11.5 Å². The van der Waals surface area contributed by atoms with E-state index in [0.717, 1.165) is 5.56 Å². The lowest BCUT2D eigenvalue weighted by Gasteiger charge is -2.11. The molecule has 0 aliphatic heterocycles. The van der Waals surface area contributed by atoms with Crippen molar-refractivity contribution >= 4 is 11.6 Å². The predicted molar refractivity (Wildman–Crippen MR) is 70.9 cm³/mol. The first kappa shape index (κ1) is 12.6. The van der Waals surface area contributed by atoms with Crippen molar-refractivity contribution in [1.82, 2.24) is 0 Å². The molecule has 0 saturated heterocycles. The minimum Gasteiger partial charge on any atom is -0.504 e. The van der Waals surface area contributed by atoms with Crippen LogP contribution in [0.15, 0.2) is 36.4 Å². The van der Waals surface area contributed by atoms with E-state index in [1.54, 1.807) is 37.4 Å². The average molecular weight is 265 g/mol. The van der Waals surface area contributed by atoms with Gasteiger partial charge in [0, 0.05) is 11.1 Å². The molecule has 4 heteroatoms. The maximum atomic E-state index is 9.80. The van der Waals surface area contributed by atoms with E-state index < -0.39 is 0 Å².